The Hall–Kier alpha value is -1.10. The zero-order chi connectivity index (χ0) is 13.5. The summed E-state index contributed by atoms with van der Waals surface area (Å²) in [6.45, 7) is 5.20. The van der Waals surface area contributed by atoms with Gasteiger partial charge in [-0.05, 0) is 49.6 Å². The minimum Gasteiger partial charge on any atom is -0.494 e. The van der Waals surface area contributed by atoms with Crippen molar-refractivity contribution in [1.29, 1.82) is 0 Å². The van der Waals surface area contributed by atoms with Crippen LogP contribution in [0.5, 0.6) is 5.75 Å². The Labute approximate surface area is 109 Å². The van der Waals surface area contributed by atoms with Crippen molar-refractivity contribution in [3.63, 3.8) is 0 Å². The smallest absolute Gasteiger partial charge is 0.119 e. The highest BCUT2D eigenvalue weighted by molar-refractivity contribution is 5.36. The molecule has 0 fully saturated rings. The summed E-state index contributed by atoms with van der Waals surface area (Å²) in [6, 6.07) is 5.36. The summed E-state index contributed by atoms with van der Waals surface area (Å²) < 4.78 is 5.55. The van der Waals surface area contributed by atoms with E-state index in [9.17, 15) is 5.11 Å². The van der Waals surface area contributed by atoms with Crippen molar-refractivity contribution in [2.24, 2.45) is 11.5 Å². The van der Waals surface area contributed by atoms with E-state index < -0.39 is 6.10 Å². The monoisotopic (exact) mass is 252 g/mol. The molecule has 0 aromatic heterocycles. The second-order valence-electron chi connectivity index (χ2n) is 4.55. The minimum absolute atomic E-state index is 0.323. The Kier molecular flexibility index (Phi) is 6.12. The van der Waals surface area contributed by atoms with E-state index in [2.05, 4.69) is 6.92 Å². The molecule has 0 aliphatic carbocycles. The molecule has 0 heterocycles. The van der Waals surface area contributed by atoms with Crippen molar-refractivity contribution in [2.75, 3.05) is 13.2 Å². The molecule has 5 N–H and O–H groups in total. The van der Waals surface area contributed by atoms with Crippen LogP contribution >= 0.6 is 0 Å². The molecule has 1 rings (SSSR count). The molecular weight excluding hydrogens is 228 g/mol. The van der Waals surface area contributed by atoms with E-state index in [1.807, 2.05) is 25.1 Å². The highest BCUT2D eigenvalue weighted by Crippen LogP contribution is 2.25. The maximum Gasteiger partial charge on any atom is 0.119 e. The number of benzene rings is 1. The highest BCUT2D eigenvalue weighted by atomic mass is 16.5. The summed E-state index contributed by atoms with van der Waals surface area (Å²) in [7, 11) is 0. The first-order valence-corrected chi connectivity index (χ1v) is 6.47. The van der Waals surface area contributed by atoms with Crippen LogP contribution in [0.1, 0.15) is 37.0 Å². The van der Waals surface area contributed by atoms with E-state index in [1.54, 1.807) is 0 Å². The van der Waals surface area contributed by atoms with Crippen LogP contribution in [0, 0.1) is 6.92 Å². The lowest BCUT2D eigenvalue weighted by molar-refractivity contribution is 0.142. The van der Waals surface area contributed by atoms with Gasteiger partial charge in [-0.25, -0.2) is 0 Å². The fraction of sp³-hybridized carbons (Fsp3) is 0.571. The Bertz CT molecular complexity index is 369. The normalized spacial score (nSPS) is 14.3. The molecule has 1 aromatic rings. The molecule has 0 saturated heterocycles. The number of ether oxygens (including phenoxy) is 1. The van der Waals surface area contributed by atoms with Gasteiger partial charge >= 0.3 is 0 Å². The molecule has 0 aliphatic heterocycles. The van der Waals surface area contributed by atoms with Crippen LogP contribution < -0.4 is 16.2 Å². The molecular formula is C14H24N2O2. The topological polar surface area (TPSA) is 81.5 Å². The number of aryl methyl sites for hydroxylation is 1. The predicted octanol–water partition coefficient (Wildman–Crippen LogP) is 1.49. The maximum absolute atomic E-state index is 10.1. The van der Waals surface area contributed by atoms with Gasteiger partial charge in [0.2, 0.25) is 0 Å². The number of aliphatic hydroxyl groups is 1. The zero-order valence-corrected chi connectivity index (χ0v) is 11.2. The molecule has 18 heavy (non-hydrogen) atoms. The molecule has 4 heteroatoms. The molecule has 0 bridgehead atoms. The van der Waals surface area contributed by atoms with E-state index in [-0.39, 0.29) is 6.04 Å². The Morgan fingerprint density at radius 3 is 2.67 bits per heavy atom. The highest BCUT2D eigenvalue weighted by Gasteiger charge is 2.18. The molecule has 0 spiro atoms. The van der Waals surface area contributed by atoms with Crippen LogP contribution in [0.25, 0.3) is 0 Å². The van der Waals surface area contributed by atoms with Gasteiger partial charge in [-0.1, -0.05) is 13.0 Å². The van der Waals surface area contributed by atoms with Gasteiger partial charge in [0.25, 0.3) is 0 Å². The van der Waals surface area contributed by atoms with Crippen LogP contribution in [0.4, 0.5) is 0 Å². The molecule has 4 nitrogen and oxygen atoms in total. The Balaban J connectivity index is 2.78. The number of hydrogen-bond donors (Lipinski definition) is 3. The first kappa shape index (κ1) is 15.0. The summed E-state index contributed by atoms with van der Waals surface area (Å²) in [5, 5.41) is 10.1. The number of hydrogen-bond acceptors (Lipinski definition) is 4. The van der Waals surface area contributed by atoms with Gasteiger partial charge < -0.3 is 21.3 Å². The van der Waals surface area contributed by atoms with Gasteiger partial charge in [-0.15, -0.1) is 0 Å². The molecule has 2 atom stereocenters. The SMILES string of the molecule is CCCOc1ccc(C(O)C(N)CCN)c(C)c1. The molecule has 0 aliphatic rings. The summed E-state index contributed by atoms with van der Waals surface area (Å²) in [4.78, 5) is 0. The fourth-order valence-electron chi connectivity index (χ4n) is 1.87. The fourth-order valence-corrected chi connectivity index (χ4v) is 1.87. The van der Waals surface area contributed by atoms with Crippen LogP contribution in [-0.4, -0.2) is 24.3 Å². The third-order valence-corrected chi connectivity index (χ3v) is 2.94. The number of nitrogens with two attached hydrogens (primary N) is 2. The van der Waals surface area contributed by atoms with Crippen LogP contribution in [0.3, 0.4) is 0 Å². The summed E-state index contributed by atoms with van der Waals surface area (Å²) in [5.74, 6) is 0.831. The van der Waals surface area contributed by atoms with Gasteiger partial charge in [0.15, 0.2) is 0 Å². The van der Waals surface area contributed by atoms with Crippen LogP contribution in [-0.2, 0) is 0 Å². The van der Waals surface area contributed by atoms with E-state index in [0.29, 0.717) is 19.6 Å². The largest absolute Gasteiger partial charge is 0.494 e. The first-order chi connectivity index (χ1) is 8.60. The van der Waals surface area contributed by atoms with Crippen molar-refractivity contribution in [1.82, 2.24) is 0 Å². The summed E-state index contributed by atoms with van der Waals surface area (Å²) in [6.07, 6.45) is 0.910. The lowest BCUT2D eigenvalue weighted by Gasteiger charge is -2.20. The Morgan fingerprint density at radius 1 is 1.39 bits per heavy atom. The van der Waals surface area contributed by atoms with E-state index in [4.69, 9.17) is 16.2 Å². The summed E-state index contributed by atoms with van der Waals surface area (Å²) >= 11 is 0. The standard InChI is InChI=1S/C14H24N2O2/c1-3-8-18-11-4-5-12(10(2)9-11)14(17)13(16)6-7-15/h4-5,9,13-14,17H,3,6-8,15-16H2,1-2H3. The molecule has 1 aromatic carbocycles. The van der Waals surface area contributed by atoms with Gasteiger partial charge in [0.1, 0.15) is 5.75 Å². The van der Waals surface area contributed by atoms with E-state index in [1.165, 1.54) is 0 Å². The van der Waals surface area contributed by atoms with E-state index in [0.717, 1.165) is 23.3 Å². The van der Waals surface area contributed by atoms with Crippen molar-refractivity contribution in [3.05, 3.63) is 29.3 Å². The van der Waals surface area contributed by atoms with Crippen molar-refractivity contribution < 1.29 is 9.84 Å². The third-order valence-electron chi connectivity index (χ3n) is 2.94. The Morgan fingerprint density at radius 2 is 2.11 bits per heavy atom. The van der Waals surface area contributed by atoms with E-state index >= 15 is 0 Å². The van der Waals surface area contributed by atoms with Gasteiger partial charge in [0.05, 0.1) is 12.7 Å². The minimum atomic E-state index is -0.672. The molecule has 0 radical (unpaired) electrons. The number of rotatable bonds is 7. The quantitative estimate of drug-likeness (QED) is 0.687. The van der Waals surface area contributed by atoms with Gasteiger partial charge in [-0.2, -0.15) is 0 Å². The summed E-state index contributed by atoms with van der Waals surface area (Å²) in [5.41, 5.74) is 13.2. The predicted molar refractivity (Wildman–Crippen MR) is 73.6 cm³/mol. The molecule has 2 unspecified atom stereocenters. The van der Waals surface area contributed by atoms with Crippen molar-refractivity contribution in [3.8, 4) is 5.75 Å². The van der Waals surface area contributed by atoms with Crippen LogP contribution in [0.15, 0.2) is 18.2 Å². The number of aliphatic hydroxyl groups excluding tert-OH is 1. The third kappa shape index (κ3) is 3.98. The first-order valence-electron chi connectivity index (χ1n) is 6.47. The molecule has 0 amide bonds. The lowest BCUT2D eigenvalue weighted by atomic mass is 9.96. The zero-order valence-electron chi connectivity index (χ0n) is 11.2. The van der Waals surface area contributed by atoms with Gasteiger partial charge in [0, 0.05) is 6.04 Å². The average molecular weight is 252 g/mol. The van der Waals surface area contributed by atoms with Crippen LogP contribution in [0.2, 0.25) is 0 Å². The molecule has 0 saturated carbocycles. The van der Waals surface area contributed by atoms with Crippen molar-refractivity contribution >= 4 is 0 Å². The van der Waals surface area contributed by atoms with Gasteiger partial charge in [-0.3, -0.25) is 0 Å². The maximum atomic E-state index is 10.1. The average Bonchev–Trinajstić information content (AvgIpc) is 2.36. The molecule has 102 valence electrons. The second-order valence-corrected chi connectivity index (χ2v) is 4.55. The second kappa shape index (κ2) is 7.36. The lowest BCUT2D eigenvalue weighted by Crippen LogP contribution is -2.31. The van der Waals surface area contributed by atoms with Crippen molar-refractivity contribution in [2.45, 2.75) is 38.8 Å².